The van der Waals surface area contributed by atoms with Gasteiger partial charge in [0.15, 0.2) is 11.4 Å². The second-order valence-corrected chi connectivity index (χ2v) is 8.43. The van der Waals surface area contributed by atoms with Crippen LogP contribution in [-0.4, -0.2) is 95.5 Å². The number of imidazole rings is 2. The van der Waals surface area contributed by atoms with Gasteiger partial charge >= 0.3 is 11.9 Å². The van der Waals surface area contributed by atoms with Gasteiger partial charge in [-0.2, -0.15) is 0 Å². The van der Waals surface area contributed by atoms with Gasteiger partial charge in [0.1, 0.15) is 0 Å². The highest BCUT2D eigenvalue weighted by molar-refractivity contribution is 5.96. The van der Waals surface area contributed by atoms with Gasteiger partial charge in [-0.3, -0.25) is 8.80 Å². The van der Waals surface area contributed by atoms with E-state index in [1.165, 1.54) is 7.11 Å². The SMILES string of the molecule is COC(=O)c1nc(N2CCOCC2)n2ccccc12.O=C(O)c1nc(N2CCOCC2)n2ccccc12. The maximum absolute atomic E-state index is 11.8. The minimum absolute atomic E-state index is 0.0945. The molecule has 194 valence electrons. The smallest absolute Gasteiger partial charge is 0.359 e. The number of esters is 1. The van der Waals surface area contributed by atoms with E-state index in [1.807, 2.05) is 56.4 Å². The number of ether oxygens (including phenoxy) is 3. The quantitative estimate of drug-likeness (QED) is 0.408. The molecule has 2 aliphatic rings. The fourth-order valence-corrected chi connectivity index (χ4v) is 4.42. The van der Waals surface area contributed by atoms with Crippen LogP contribution >= 0.6 is 0 Å². The molecule has 1 N–H and O–H groups in total. The molecule has 0 amide bonds. The van der Waals surface area contributed by atoms with Crippen molar-refractivity contribution in [2.24, 2.45) is 0 Å². The lowest BCUT2D eigenvalue weighted by molar-refractivity contribution is 0.0596. The first kappa shape index (κ1) is 24.5. The molecule has 2 aliphatic heterocycles. The van der Waals surface area contributed by atoms with Crippen molar-refractivity contribution in [3.05, 3.63) is 60.2 Å². The van der Waals surface area contributed by atoms with E-state index in [-0.39, 0.29) is 5.69 Å². The number of carboxylic acid groups (broad SMARTS) is 1. The predicted molar refractivity (Wildman–Crippen MR) is 135 cm³/mol. The van der Waals surface area contributed by atoms with Crippen LogP contribution in [0.15, 0.2) is 48.8 Å². The zero-order valence-corrected chi connectivity index (χ0v) is 20.4. The van der Waals surface area contributed by atoms with Gasteiger partial charge < -0.3 is 29.1 Å². The summed E-state index contributed by atoms with van der Waals surface area (Å²) in [6.07, 6.45) is 3.74. The summed E-state index contributed by atoms with van der Waals surface area (Å²) >= 11 is 0. The van der Waals surface area contributed by atoms with E-state index >= 15 is 0 Å². The minimum atomic E-state index is -1.00. The maximum atomic E-state index is 11.8. The summed E-state index contributed by atoms with van der Waals surface area (Å²) in [5.74, 6) is 0.0204. The molecule has 0 aromatic carbocycles. The van der Waals surface area contributed by atoms with Gasteiger partial charge in [-0.1, -0.05) is 12.1 Å². The standard InChI is InChI=1S/C13H15N3O3.C12H13N3O3/c1-18-12(17)11-10-4-2-3-5-16(10)13(14-11)15-6-8-19-9-7-15;16-11(17)10-9-3-1-2-4-15(9)12(13-10)14-5-7-18-8-6-14/h2-5H,6-9H2,1H3;1-4H,5-8H2,(H,16,17). The topological polar surface area (TPSA) is 123 Å². The van der Waals surface area contributed by atoms with Crippen LogP contribution in [0.1, 0.15) is 21.0 Å². The highest BCUT2D eigenvalue weighted by atomic mass is 16.5. The molecule has 2 fully saturated rings. The molecule has 4 aromatic rings. The Morgan fingerprint density at radius 3 is 1.70 bits per heavy atom. The van der Waals surface area contributed by atoms with Crippen LogP contribution in [0, 0.1) is 0 Å². The average molecular weight is 509 g/mol. The van der Waals surface area contributed by atoms with Crippen LogP contribution in [0.5, 0.6) is 0 Å². The first-order chi connectivity index (χ1) is 18.1. The number of methoxy groups -OCH3 is 1. The summed E-state index contributed by atoms with van der Waals surface area (Å²) in [4.78, 5) is 35.8. The van der Waals surface area contributed by atoms with Crippen molar-refractivity contribution in [2.75, 3.05) is 69.5 Å². The third-order valence-electron chi connectivity index (χ3n) is 6.23. The molecule has 2 saturated heterocycles. The number of aromatic nitrogens is 4. The van der Waals surface area contributed by atoms with Crippen LogP contribution in [-0.2, 0) is 14.2 Å². The van der Waals surface area contributed by atoms with Gasteiger partial charge in [-0.15, -0.1) is 0 Å². The van der Waals surface area contributed by atoms with E-state index in [4.69, 9.17) is 14.2 Å². The summed E-state index contributed by atoms with van der Waals surface area (Å²) in [7, 11) is 1.37. The molecule has 0 bridgehead atoms. The summed E-state index contributed by atoms with van der Waals surface area (Å²) in [5.41, 5.74) is 1.82. The number of fused-ring (bicyclic) bond motifs is 2. The Hall–Kier alpha value is -4.16. The fourth-order valence-electron chi connectivity index (χ4n) is 4.42. The molecule has 0 spiro atoms. The van der Waals surface area contributed by atoms with Gasteiger partial charge in [0.25, 0.3) is 0 Å². The van der Waals surface area contributed by atoms with E-state index < -0.39 is 11.9 Å². The molecular formula is C25H28N6O6. The van der Waals surface area contributed by atoms with Gasteiger partial charge in [0, 0.05) is 38.6 Å². The third kappa shape index (κ3) is 4.93. The van der Waals surface area contributed by atoms with Crippen LogP contribution in [0.4, 0.5) is 11.9 Å². The second-order valence-electron chi connectivity index (χ2n) is 8.43. The first-order valence-corrected chi connectivity index (χ1v) is 12.0. The average Bonchev–Trinajstić information content (AvgIpc) is 3.54. The Labute approximate surface area is 212 Å². The monoisotopic (exact) mass is 508 g/mol. The van der Waals surface area contributed by atoms with Crippen molar-refractivity contribution in [1.82, 2.24) is 18.8 Å². The number of anilines is 2. The molecule has 12 nitrogen and oxygen atoms in total. The van der Waals surface area contributed by atoms with Crippen molar-refractivity contribution in [3.63, 3.8) is 0 Å². The molecule has 0 radical (unpaired) electrons. The molecule has 0 aliphatic carbocycles. The lowest BCUT2D eigenvalue weighted by Crippen LogP contribution is -2.37. The molecule has 0 unspecified atom stereocenters. The van der Waals surface area contributed by atoms with E-state index in [0.29, 0.717) is 43.6 Å². The number of morpholine rings is 2. The number of pyridine rings is 2. The summed E-state index contributed by atoms with van der Waals surface area (Å²) in [5, 5.41) is 9.18. The molecule has 37 heavy (non-hydrogen) atoms. The number of carboxylic acids is 1. The molecule has 6 rings (SSSR count). The van der Waals surface area contributed by atoms with E-state index in [1.54, 1.807) is 6.07 Å². The Balaban J connectivity index is 0.000000152. The van der Waals surface area contributed by atoms with Gasteiger partial charge in [-0.25, -0.2) is 19.6 Å². The fraction of sp³-hybridized carbons (Fsp3) is 0.360. The summed E-state index contributed by atoms with van der Waals surface area (Å²) in [6, 6.07) is 11.1. The number of rotatable bonds is 4. The number of hydrogen-bond acceptors (Lipinski definition) is 9. The van der Waals surface area contributed by atoms with Crippen molar-refractivity contribution in [2.45, 2.75) is 0 Å². The highest BCUT2D eigenvalue weighted by Crippen LogP contribution is 2.22. The van der Waals surface area contributed by atoms with Crippen LogP contribution in [0.3, 0.4) is 0 Å². The number of aromatic carboxylic acids is 1. The van der Waals surface area contributed by atoms with Crippen molar-refractivity contribution in [3.8, 4) is 0 Å². The summed E-state index contributed by atoms with van der Waals surface area (Å²) in [6.45, 7) is 5.64. The first-order valence-electron chi connectivity index (χ1n) is 12.0. The number of carbonyl (C=O) groups is 2. The number of nitrogens with zero attached hydrogens (tertiary/aromatic N) is 6. The van der Waals surface area contributed by atoms with E-state index in [9.17, 15) is 14.7 Å². The zero-order chi connectivity index (χ0) is 25.8. The third-order valence-corrected chi connectivity index (χ3v) is 6.23. The van der Waals surface area contributed by atoms with E-state index in [0.717, 1.165) is 37.6 Å². The zero-order valence-electron chi connectivity index (χ0n) is 20.4. The number of carbonyl (C=O) groups excluding carboxylic acids is 1. The van der Waals surface area contributed by atoms with Crippen LogP contribution < -0.4 is 9.80 Å². The Morgan fingerprint density at radius 2 is 1.24 bits per heavy atom. The van der Waals surface area contributed by atoms with Crippen molar-refractivity contribution in [1.29, 1.82) is 0 Å². The highest BCUT2D eigenvalue weighted by Gasteiger charge is 2.23. The molecule has 4 aromatic heterocycles. The maximum Gasteiger partial charge on any atom is 0.359 e. The van der Waals surface area contributed by atoms with Gasteiger partial charge in [-0.05, 0) is 24.3 Å². The molecular weight excluding hydrogens is 480 g/mol. The van der Waals surface area contributed by atoms with Crippen molar-refractivity contribution < 1.29 is 28.9 Å². The summed E-state index contributed by atoms with van der Waals surface area (Å²) < 4.78 is 19.1. The Bertz CT molecular complexity index is 1400. The van der Waals surface area contributed by atoms with Gasteiger partial charge in [0.05, 0.1) is 44.6 Å². The van der Waals surface area contributed by atoms with Crippen molar-refractivity contribution >= 4 is 34.9 Å². The van der Waals surface area contributed by atoms with Crippen LogP contribution in [0.2, 0.25) is 0 Å². The number of hydrogen-bond donors (Lipinski definition) is 1. The minimum Gasteiger partial charge on any atom is -0.476 e. The molecule has 6 heterocycles. The Kier molecular flexibility index (Phi) is 7.19. The predicted octanol–water partition coefficient (Wildman–Crippen LogP) is 1.83. The van der Waals surface area contributed by atoms with Gasteiger partial charge in [0.2, 0.25) is 11.9 Å². The second kappa shape index (κ2) is 10.8. The van der Waals surface area contributed by atoms with Crippen LogP contribution in [0.25, 0.3) is 11.0 Å². The van der Waals surface area contributed by atoms with E-state index in [2.05, 4.69) is 14.9 Å². The molecule has 0 saturated carbocycles. The molecule has 12 heteroatoms. The Morgan fingerprint density at radius 1 is 0.784 bits per heavy atom. The lowest BCUT2D eigenvalue weighted by atomic mass is 10.3. The largest absolute Gasteiger partial charge is 0.476 e. The normalized spacial score (nSPS) is 15.9. The molecule has 0 atom stereocenters. The lowest BCUT2D eigenvalue weighted by Gasteiger charge is -2.26.